The molecule has 2 aromatic rings. The number of aromatic nitrogens is 1. The lowest BCUT2D eigenvalue weighted by atomic mass is 9.90. The average Bonchev–Trinajstić information content (AvgIpc) is 3.29. The largest absolute Gasteiger partial charge is 0.333 e. The van der Waals surface area contributed by atoms with E-state index in [1.165, 1.54) is 10.4 Å². The number of likely N-dealkylation sites (tertiary alicyclic amines) is 1. The molecule has 1 aliphatic rings. The van der Waals surface area contributed by atoms with Crippen LogP contribution in [0.4, 0.5) is 0 Å². The van der Waals surface area contributed by atoms with Gasteiger partial charge >= 0.3 is 0 Å². The lowest BCUT2D eigenvalue weighted by molar-refractivity contribution is -0.139. The number of aryl methyl sites for hydroxylation is 1. The van der Waals surface area contributed by atoms with Crippen LogP contribution in [0.1, 0.15) is 70.6 Å². The van der Waals surface area contributed by atoms with Crippen molar-refractivity contribution >= 4 is 23.0 Å². The molecule has 0 aliphatic carbocycles. The Bertz CT molecular complexity index is 864. The number of thiazole rings is 1. The van der Waals surface area contributed by atoms with Crippen LogP contribution in [0.3, 0.4) is 0 Å². The Balaban J connectivity index is 1.64. The number of ketones is 1. The predicted molar refractivity (Wildman–Crippen MR) is 119 cm³/mol. The molecule has 0 spiro atoms. The summed E-state index contributed by atoms with van der Waals surface area (Å²) in [5.74, 6) is 0.448. The summed E-state index contributed by atoms with van der Waals surface area (Å²) in [6, 6.07) is 8.22. The van der Waals surface area contributed by atoms with Crippen molar-refractivity contribution in [2.24, 2.45) is 5.41 Å². The molecule has 2 atom stereocenters. The maximum absolute atomic E-state index is 13.0. The first-order chi connectivity index (χ1) is 13.7. The third-order valence-corrected chi connectivity index (χ3v) is 6.60. The van der Waals surface area contributed by atoms with Crippen molar-refractivity contribution in [2.75, 3.05) is 6.54 Å². The fourth-order valence-electron chi connectivity index (χ4n) is 4.05. The number of carbonyl (C=O) groups is 2. The van der Waals surface area contributed by atoms with Crippen molar-refractivity contribution in [1.29, 1.82) is 0 Å². The molecule has 1 aromatic heterocycles. The first-order valence-corrected chi connectivity index (χ1v) is 11.4. The Morgan fingerprint density at radius 1 is 1.24 bits per heavy atom. The lowest BCUT2D eigenvalue weighted by Crippen LogP contribution is -2.42. The molecular weight excluding hydrogens is 380 g/mol. The minimum absolute atomic E-state index is 0.0568. The maximum atomic E-state index is 13.0. The van der Waals surface area contributed by atoms with Gasteiger partial charge in [0.1, 0.15) is 0 Å². The van der Waals surface area contributed by atoms with Crippen molar-refractivity contribution < 1.29 is 9.59 Å². The molecule has 0 radical (unpaired) electrons. The Hall–Kier alpha value is -2.01. The standard InChI is InChI=1S/C24H32N2O2S/c1-16(18-8-10-19(11-9-18)23-17(2)25-15-29-23)13-21(27)20-7-6-12-26(20)22(28)14-24(3,4)5/h8-11,15-16,20H,6-7,12-14H2,1-5H3/t16-,20+/m1/s1. The summed E-state index contributed by atoms with van der Waals surface area (Å²) >= 11 is 1.65. The number of rotatable bonds is 6. The molecule has 4 nitrogen and oxygen atoms in total. The number of carbonyl (C=O) groups excluding carboxylic acids is 2. The Labute approximate surface area is 178 Å². The van der Waals surface area contributed by atoms with E-state index in [-0.39, 0.29) is 29.1 Å². The molecule has 0 saturated carbocycles. The van der Waals surface area contributed by atoms with Gasteiger partial charge in [0.25, 0.3) is 0 Å². The monoisotopic (exact) mass is 412 g/mol. The van der Waals surface area contributed by atoms with Crippen LogP contribution in [0.5, 0.6) is 0 Å². The number of nitrogens with zero attached hydrogens (tertiary/aromatic N) is 2. The van der Waals surface area contributed by atoms with Gasteiger partial charge in [0, 0.05) is 19.4 Å². The summed E-state index contributed by atoms with van der Waals surface area (Å²) in [6.45, 7) is 11.0. The zero-order valence-electron chi connectivity index (χ0n) is 18.2. The number of Topliss-reactive ketones (excluding diaryl/α,β-unsaturated/α-hetero) is 1. The molecule has 5 heteroatoms. The van der Waals surface area contributed by atoms with Gasteiger partial charge in [-0.3, -0.25) is 9.59 Å². The van der Waals surface area contributed by atoms with Gasteiger partial charge in [-0.2, -0.15) is 0 Å². The first-order valence-electron chi connectivity index (χ1n) is 10.5. The van der Waals surface area contributed by atoms with E-state index in [1.54, 1.807) is 11.3 Å². The smallest absolute Gasteiger partial charge is 0.223 e. The van der Waals surface area contributed by atoms with Gasteiger partial charge in [-0.15, -0.1) is 11.3 Å². The van der Waals surface area contributed by atoms with Crippen LogP contribution in [0.25, 0.3) is 10.4 Å². The molecule has 2 heterocycles. The van der Waals surface area contributed by atoms with Gasteiger partial charge in [0.15, 0.2) is 5.78 Å². The molecule has 0 bridgehead atoms. The molecule has 0 N–H and O–H groups in total. The highest BCUT2D eigenvalue weighted by atomic mass is 32.1. The molecule has 3 rings (SSSR count). The zero-order chi connectivity index (χ0) is 21.2. The summed E-state index contributed by atoms with van der Waals surface area (Å²) in [4.78, 5) is 33.0. The van der Waals surface area contributed by atoms with Crippen molar-refractivity contribution in [3.63, 3.8) is 0 Å². The normalized spacial score (nSPS) is 18.1. The van der Waals surface area contributed by atoms with E-state index in [2.05, 4.69) is 56.9 Å². The van der Waals surface area contributed by atoms with E-state index in [9.17, 15) is 9.59 Å². The number of benzene rings is 1. The highest BCUT2D eigenvalue weighted by molar-refractivity contribution is 7.13. The zero-order valence-corrected chi connectivity index (χ0v) is 19.0. The fraction of sp³-hybridized carbons (Fsp3) is 0.542. The molecule has 1 aromatic carbocycles. The Morgan fingerprint density at radius 2 is 1.93 bits per heavy atom. The quantitative estimate of drug-likeness (QED) is 0.620. The summed E-state index contributed by atoms with van der Waals surface area (Å²) in [6.07, 6.45) is 2.68. The van der Waals surface area contributed by atoms with Gasteiger partial charge in [0.05, 0.1) is 22.1 Å². The van der Waals surface area contributed by atoms with E-state index in [1.807, 2.05) is 17.3 Å². The summed E-state index contributed by atoms with van der Waals surface area (Å²) in [7, 11) is 0. The highest BCUT2D eigenvalue weighted by Gasteiger charge is 2.35. The van der Waals surface area contributed by atoms with E-state index < -0.39 is 0 Å². The third kappa shape index (κ3) is 5.33. The van der Waals surface area contributed by atoms with Gasteiger partial charge in [0.2, 0.25) is 5.91 Å². The van der Waals surface area contributed by atoms with Crippen molar-refractivity contribution in [1.82, 2.24) is 9.88 Å². The van der Waals surface area contributed by atoms with Crippen LogP contribution in [0.15, 0.2) is 29.8 Å². The molecule has 1 fully saturated rings. The Morgan fingerprint density at radius 3 is 2.52 bits per heavy atom. The SMILES string of the molecule is Cc1ncsc1-c1ccc([C@H](C)CC(=O)[C@@H]2CCCN2C(=O)CC(C)(C)C)cc1. The van der Waals surface area contributed by atoms with Crippen molar-refractivity contribution in [3.8, 4) is 10.4 Å². The number of hydrogen-bond acceptors (Lipinski definition) is 4. The van der Waals surface area contributed by atoms with Crippen molar-refractivity contribution in [3.05, 3.63) is 41.0 Å². The van der Waals surface area contributed by atoms with Gasteiger partial charge < -0.3 is 4.90 Å². The first kappa shape index (κ1) is 21.7. The molecule has 29 heavy (non-hydrogen) atoms. The minimum Gasteiger partial charge on any atom is -0.333 e. The van der Waals surface area contributed by atoms with Gasteiger partial charge in [-0.1, -0.05) is 52.0 Å². The van der Waals surface area contributed by atoms with Crippen LogP contribution in [0, 0.1) is 12.3 Å². The summed E-state index contributed by atoms with van der Waals surface area (Å²) in [5, 5.41) is 0. The van der Waals surface area contributed by atoms with Crippen LogP contribution >= 0.6 is 11.3 Å². The molecule has 1 aliphatic heterocycles. The molecule has 1 amide bonds. The number of amides is 1. The van der Waals surface area contributed by atoms with Crippen LogP contribution in [-0.2, 0) is 9.59 Å². The summed E-state index contributed by atoms with van der Waals surface area (Å²) in [5.41, 5.74) is 5.19. The molecule has 156 valence electrons. The number of hydrogen-bond donors (Lipinski definition) is 0. The van der Waals surface area contributed by atoms with Gasteiger partial charge in [-0.25, -0.2) is 4.98 Å². The van der Waals surface area contributed by atoms with Crippen LogP contribution < -0.4 is 0 Å². The second kappa shape index (κ2) is 8.78. The third-order valence-electron chi connectivity index (χ3n) is 5.62. The minimum atomic E-state index is -0.244. The highest BCUT2D eigenvalue weighted by Crippen LogP contribution is 2.31. The maximum Gasteiger partial charge on any atom is 0.223 e. The molecular formula is C24H32N2O2S. The van der Waals surface area contributed by atoms with E-state index in [4.69, 9.17) is 0 Å². The molecule has 1 saturated heterocycles. The summed E-state index contributed by atoms with van der Waals surface area (Å²) < 4.78 is 0. The topological polar surface area (TPSA) is 50.3 Å². The van der Waals surface area contributed by atoms with Gasteiger partial charge in [-0.05, 0) is 42.2 Å². The molecule has 0 unspecified atom stereocenters. The lowest BCUT2D eigenvalue weighted by Gasteiger charge is -2.28. The second-order valence-electron chi connectivity index (χ2n) is 9.44. The van der Waals surface area contributed by atoms with E-state index >= 15 is 0 Å². The van der Waals surface area contributed by atoms with Crippen LogP contribution in [0.2, 0.25) is 0 Å². The van der Waals surface area contributed by atoms with E-state index in [0.717, 1.165) is 24.1 Å². The predicted octanol–water partition coefficient (Wildman–Crippen LogP) is 5.61. The average molecular weight is 413 g/mol. The Kier molecular flexibility index (Phi) is 6.57. The van der Waals surface area contributed by atoms with E-state index in [0.29, 0.717) is 19.4 Å². The van der Waals surface area contributed by atoms with Crippen LogP contribution in [-0.4, -0.2) is 34.2 Å². The van der Waals surface area contributed by atoms with Crippen molar-refractivity contribution in [2.45, 2.75) is 72.3 Å². The fourth-order valence-corrected chi connectivity index (χ4v) is 4.86. The second-order valence-corrected chi connectivity index (χ2v) is 10.3.